The zero-order chi connectivity index (χ0) is 18.3. The molecule has 0 saturated carbocycles. The first kappa shape index (κ1) is 23.3. The molecule has 2 unspecified atom stereocenters. The van der Waals surface area contributed by atoms with Crippen molar-refractivity contribution in [1.82, 2.24) is 10.6 Å². The number of nitrogens with one attached hydrogen (secondary N) is 2. The smallest absolute Gasteiger partial charge is 0.191 e. The van der Waals surface area contributed by atoms with E-state index in [0.717, 1.165) is 12.3 Å². The van der Waals surface area contributed by atoms with E-state index in [9.17, 15) is 8.42 Å². The van der Waals surface area contributed by atoms with Gasteiger partial charge in [-0.15, -0.1) is 24.0 Å². The zero-order valence-electron chi connectivity index (χ0n) is 15.1. The van der Waals surface area contributed by atoms with Gasteiger partial charge in [-0.1, -0.05) is 11.6 Å². The molecule has 0 radical (unpaired) electrons. The summed E-state index contributed by atoms with van der Waals surface area (Å²) in [7, 11) is -2.85. The second-order valence-electron chi connectivity index (χ2n) is 6.25. The Morgan fingerprint density at radius 2 is 2.04 bits per heavy atom. The molecule has 0 bridgehead atoms. The summed E-state index contributed by atoms with van der Waals surface area (Å²) in [6, 6.07) is 7.22. The van der Waals surface area contributed by atoms with E-state index in [-0.39, 0.29) is 41.8 Å². The molecule has 0 aliphatic carbocycles. The molecule has 1 aliphatic heterocycles. The van der Waals surface area contributed by atoms with E-state index in [2.05, 4.69) is 15.6 Å². The SMILES string of the molecule is CCNC(=NCC(C)Oc1ccc(Cl)cc1)NCC1CCS(=O)(=O)C1.I. The van der Waals surface area contributed by atoms with Crippen molar-refractivity contribution in [3.8, 4) is 5.75 Å². The van der Waals surface area contributed by atoms with Crippen molar-refractivity contribution in [1.29, 1.82) is 0 Å². The number of aliphatic imine (C=N–C) groups is 1. The van der Waals surface area contributed by atoms with Crippen molar-refractivity contribution in [2.45, 2.75) is 26.4 Å². The second kappa shape index (κ2) is 11.2. The molecule has 9 heteroatoms. The van der Waals surface area contributed by atoms with Crippen LogP contribution in [0.15, 0.2) is 29.3 Å². The molecule has 0 amide bonds. The van der Waals surface area contributed by atoms with Gasteiger partial charge in [0.1, 0.15) is 11.9 Å². The molecule has 6 nitrogen and oxygen atoms in total. The van der Waals surface area contributed by atoms with Gasteiger partial charge in [0.2, 0.25) is 0 Å². The van der Waals surface area contributed by atoms with Crippen molar-refractivity contribution in [2.75, 3.05) is 31.1 Å². The van der Waals surface area contributed by atoms with Crippen LogP contribution in [0.3, 0.4) is 0 Å². The highest BCUT2D eigenvalue weighted by atomic mass is 127. The van der Waals surface area contributed by atoms with Gasteiger partial charge in [-0.2, -0.15) is 0 Å². The van der Waals surface area contributed by atoms with E-state index in [1.807, 2.05) is 26.0 Å². The minimum absolute atomic E-state index is 0. The number of nitrogens with zero attached hydrogens (tertiary/aromatic N) is 1. The number of benzene rings is 1. The fraction of sp³-hybridized carbons (Fsp3) is 0.588. The number of guanidine groups is 1. The highest BCUT2D eigenvalue weighted by molar-refractivity contribution is 14.0. The van der Waals surface area contributed by atoms with E-state index >= 15 is 0 Å². The van der Waals surface area contributed by atoms with Gasteiger partial charge in [0, 0.05) is 18.1 Å². The molecule has 1 fully saturated rings. The molecule has 148 valence electrons. The van der Waals surface area contributed by atoms with Crippen LogP contribution in [0.25, 0.3) is 0 Å². The fourth-order valence-corrected chi connectivity index (χ4v) is 4.61. The maximum absolute atomic E-state index is 11.5. The van der Waals surface area contributed by atoms with E-state index in [0.29, 0.717) is 36.2 Å². The lowest BCUT2D eigenvalue weighted by Crippen LogP contribution is -2.40. The monoisotopic (exact) mass is 515 g/mol. The van der Waals surface area contributed by atoms with Crippen molar-refractivity contribution in [3.05, 3.63) is 29.3 Å². The van der Waals surface area contributed by atoms with Crippen LogP contribution in [0.5, 0.6) is 5.75 Å². The van der Waals surface area contributed by atoms with Crippen LogP contribution in [-0.4, -0.2) is 51.6 Å². The molecular formula is C17H27ClIN3O3S. The van der Waals surface area contributed by atoms with Crippen LogP contribution >= 0.6 is 35.6 Å². The van der Waals surface area contributed by atoms with Gasteiger partial charge >= 0.3 is 0 Å². The largest absolute Gasteiger partial charge is 0.489 e. The first-order valence-corrected chi connectivity index (χ1v) is 10.7. The molecule has 2 atom stereocenters. The van der Waals surface area contributed by atoms with E-state index < -0.39 is 9.84 Å². The Morgan fingerprint density at radius 3 is 2.62 bits per heavy atom. The second-order valence-corrected chi connectivity index (χ2v) is 8.92. The van der Waals surface area contributed by atoms with E-state index in [4.69, 9.17) is 16.3 Å². The van der Waals surface area contributed by atoms with Gasteiger partial charge in [0.05, 0.1) is 18.1 Å². The minimum atomic E-state index is -2.85. The maximum Gasteiger partial charge on any atom is 0.191 e. The van der Waals surface area contributed by atoms with E-state index in [1.54, 1.807) is 12.1 Å². The van der Waals surface area contributed by atoms with Crippen LogP contribution in [0.2, 0.25) is 5.02 Å². The highest BCUT2D eigenvalue weighted by Crippen LogP contribution is 2.18. The predicted octanol–water partition coefficient (Wildman–Crippen LogP) is 2.72. The lowest BCUT2D eigenvalue weighted by Gasteiger charge is -2.16. The summed E-state index contributed by atoms with van der Waals surface area (Å²) in [6.07, 6.45) is 0.619. The third-order valence-corrected chi connectivity index (χ3v) is 5.98. The Hall–Kier alpha value is -0.740. The molecule has 1 heterocycles. The van der Waals surface area contributed by atoms with Crippen LogP contribution in [0, 0.1) is 5.92 Å². The topological polar surface area (TPSA) is 79.8 Å². The maximum atomic E-state index is 11.5. The molecule has 1 saturated heterocycles. The number of rotatable bonds is 7. The van der Waals surface area contributed by atoms with Crippen LogP contribution < -0.4 is 15.4 Å². The van der Waals surface area contributed by atoms with Crippen LogP contribution in [0.1, 0.15) is 20.3 Å². The summed E-state index contributed by atoms with van der Waals surface area (Å²) >= 11 is 5.86. The quantitative estimate of drug-likeness (QED) is 0.332. The number of sulfone groups is 1. The Labute approximate surface area is 178 Å². The van der Waals surface area contributed by atoms with Crippen LogP contribution in [0.4, 0.5) is 0 Å². The summed E-state index contributed by atoms with van der Waals surface area (Å²) in [5.74, 6) is 2.13. The lowest BCUT2D eigenvalue weighted by atomic mass is 10.1. The number of halogens is 2. The van der Waals surface area contributed by atoms with Crippen molar-refractivity contribution in [2.24, 2.45) is 10.9 Å². The Bertz CT molecular complexity index is 683. The third-order valence-electron chi connectivity index (χ3n) is 3.89. The van der Waals surface area contributed by atoms with E-state index in [1.165, 1.54) is 0 Å². The van der Waals surface area contributed by atoms with Gasteiger partial charge in [0.25, 0.3) is 0 Å². The first-order valence-electron chi connectivity index (χ1n) is 8.53. The van der Waals surface area contributed by atoms with Gasteiger partial charge in [-0.25, -0.2) is 13.4 Å². The number of ether oxygens (including phenoxy) is 1. The third kappa shape index (κ3) is 8.30. The summed E-state index contributed by atoms with van der Waals surface area (Å²) in [4.78, 5) is 4.52. The average Bonchev–Trinajstić information content (AvgIpc) is 2.91. The molecule has 2 N–H and O–H groups in total. The molecule has 0 spiro atoms. The Kier molecular flexibility index (Phi) is 10.0. The average molecular weight is 516 g/mol. The molecule has 1 aromatic carbocycles. The summed E-state index contributed by atoms with van der Waals surface area (Å²) in [5, 5.41) is 7.07. The van der Waals surface area contributed by atoms with Crippen molar-refractivity contribution in [3.63, 3.8) is 0 Å². The summed E-state index contributed by atoms with van der Waals surface area (Å²) in [5.41, 5.74) is 0. The predicted molar refractivity (Wildman–Crippen MR) is 118 cm³/mol. The van der Waals surface area contributed by atoms with Gasteiger partial charge < -0.3 is 15.4 Å². The van der Waals surface area contributed by atoms with Gasteiger partial charge in [0.15, 0.2) is 15.8 Å². The molecule has 1 aromatic rings. The first-order chi connectivity index (χ1) is 11.9. The van der Waals surface area contributed by atoms with Crippen molar-refractivity contribution < 1.29 is 13.2 Å². The standard InChI is InChI=1S/C17H26ClN3O3S.HI/c1-3-19-17(21-11-14-8-9-25(22,23)12-14)20-10-13(2)24-16-6-4-15(18)5-7-16;/h4-7,13-14H,3,8-12H2,1-2H3,(H2,19,20,21);1H. The lowest BCUT2D eigenvalue weighted by molar-refractivity contribution is 0.230. The number of hydrogen-bond donors (Lipinski definition) is 2. The number of hydrogen-bond acceptors (Lipinski definition) is 4. The molecule has 2 rings (SSSR count). The summed E-state index contributed by atoms with van der Waals surface area (Å²) in [6.45, 7) is 5.77. The Balaban J connectivity index is 0.00000338. The molecule has 0 aromatic heterocycles. The fourth-order valence-electron chi connectivity index (χ4n) is 2.62. The summed E-state index contributed by atoms with van der Waals surface area (Å²) < 4.78 is 28.8. The molecule has 1 aliphatic rings. The van der Waals surface area contributed by atoms with Crippen molar-refractivity contribution >= 4 is 51.4 Å². The Morgan fingerprint density at radius 1 is 1.35 bits per heavy atom. The highest BCUT2D eigenvalue weighted by Gasteiger charge is 2.27. The molecule has 26 heavy (non-hydrogen) atoms. The molecular weight excluding hydrogens is 489 g/mol. The zero-order valence-corrected chi connectivity index (χ0v) is 19.0. The van der Waals surface area contributed by atoms with Gasteiger partial charge in [-0.3, -0.25) is 0 Å². The van der Waals surface area contributed by atoms with Crippen LogP contribution in [-0.2, 0) is 9.84 Å². The normalized spacial score (nSPS) is 20.1. The van der Waals surface area contributed by atoms with Gasteiger partial charge in [-0.05, 0) is 50.5 Å². The minimum Gasteiger partial charge on any atom is -0.489 e.